The molecule has 0 aromatic rings. The first-order valence-corrected chi connectivity index (χ1v) is 6.84. The molecule has 0 aromatic carbocycles. The molecule has 134 valence electrons. The lowest BCUT2D eigenvalue weighted by Gasteiger charge is -2.39. The van der Waals surface area contributed by atoms with Crippen molar-refractivity contribution in [1.82, 2.24) is 4.90 Å². The summed E-state index contributed by atoms with van der Waals surface area (Å²) in [5.74, 6) is -2.42. The number of aliphatic hydroxyl groups is 4. The fourth-order valence-electron chi connectivity index (χ4n) is 2.10. The predicted octanol–water partition coefficient (Wildman–Crippen LogP) is -3.73. The van der Waals surface area contributed by atoms with Crippen molar-refractivity contribution in [3.8, 4) is 0 Å². The number of hydrogen-bond donors (Lipinski definition) is 6. The first kappa shape index (κ1) is 19.7. The van der Waals surface area contributed by atoms with Crippen LogP contribution in [0.25, 0.3) is 0 Å². The number of carbonyl (C=O) groups is 2. The van der Waals surface area contributed by atoms with Gasteiger partial charge in [-0.15, -0.1) is 0 Å². The predicted molar refractivity (Wildman–Crippen MR) is 71.4 cm³/mol. The average Bonchev–Trinajstić information content (AvgIpc) is 2.46. The Bertz CT molecular complexity index is 387. The fraction of sp³-hybridized carbons (Fsp3) is 0.833. The van der Waals surface area contributed by atoms with Crippen LogP contribution in [0, 0.1) is 0 Å². The summed E-state index contributed by atoms with van der Waals surface area (Å²) in [5, 5.41) is 55.3. The highest BCUT2D eigenvalue weighted by molar-refractivity contribution is 5.72. The zero-order valence-electron chi connectivity index (χ0n) is 12.2. The van der Waals surface area contributed by atoms with Crippen LogP contribution in [0.5, 0.6) is 0 Å². The van der Waals surface area contributed by atoms with E-state index >= 15 is 0 Å². The van der Waals surface area contributed by atoms with E-state index in [1.54, 1.807) is 0 Å². The topological polar surface area (TPSA) is 177 Å². The third kappa shape index (κ3) is 5.99. The van der Waals surface area contributed by atoms with Crippen LogP contribution in [0.2, 0.25) is 0 Å². The SMILES string of the molecule is O=C(O)CN(CCO[C@H]1O[C@H](CO)[C@@H](O)[C@H](O)[C@H]1O)CC(=O)O. The Morgan fingerprint density at radius 1 is 1.00 bits per heavy atom. The van der Waals surface area contributed by atoms with Gasteiger partial charge < -0.3 is 40.1 Å². The zero-order chi connectivity index (χ0) is 17.6. The summed E-state index contributed by atoms with van der Waals surface area (Å²) in [6, 6.07) is 0. The van der Waals surface area contributed by atoms with Gasteiger partial charge in [0.05, 0.1) is 26.3 Å². The third-order valence-corrected chi connectivity index (χ3v) is 3.26. The number of nitrogens with zero attached hydrogens (tertiary/aromatic N) is 1. The molecule has 1 aliphatic rings. The Morgan fingerprint density at radius 2 is 1.57 bits per heavy atom. The van der Waals surface area contributed by atoms with E-state index in [0.29, 0.717) is 0 Å². The molecule has 1 heterocycles. The number of rotatable bonds is 9. The van der Waals surface area contributed by atoms with Gasteiger partial charge in [-0.1, -0.05) is 0 Å². The van der Waals surface area contributed by atoms with Crippen LogP contribution in [0.1, 0.15) is 0 Å². The van der Waals surface area contributed by atoms with E-state index in [9.17, 15) is 24.9 Å². The maximum atomic E-state index is 10.6. The molecule has 23 heavy (non-hydrogen) atoms. The summed E-state index contributed by atoms with van der Waals surface area (Å²) in [6.07, 6.45) is -7.12. The van der Waals surface area contributed by atoms with E-state index < -0.39 is 62.3 Å². The zero-order valence-corrected chi connectivity index (χ0v) is 12.2. The van der Waals surface area contributed by atoms with Crippen molar-refractivity contribution in [2.24, 2.45) is 0 Å². The second-order valence-electron chi connectivity index (χ2n) is 5.07. The van der Waals surface area contributed by atoms with Gasteiger partial charge in [0.1, 0.15) is 24.4 Å². The van der Waals surface area contributed by atoms with Gasteiger partial charge in [0.25, 0.3) is 0 Å². The smallest absolute Gasteiger partial charge is 0.317 e. The van der Waals surface area contributed by atoms with E-state index in [-0.39, 0.29) is 13.2 Å². The third-order valence-electron chi connectivity index (χ3n) is 3.26. The number of carboxylic acid groups (broad SMARTS) is 2. The molecule has 0 radical (unpaired) electrons. The number of aliphatic carboxylic acids is 2. The molecule has 5 atom stereocenters. The van der Waals surface area contributed by atoms with Crippen LogP contribution in [0.4, 0.5) is 0 Å². The lowest BCUT2D eigenvalue weighted by atomic mass is 9.99. The number of ether oxygens (including phenoxy) is 2. The first-order valence-electron chi connectivity index (χ1n) is 6.84. The number of aliphatic hydroxyl groups excluding tert-OH is 4. The van der Waals surface area contributed by atoms with Crippen molar-refractivity contribution in [2.75, 3.05) is 32.8 Å². The van der Waals surface area contributed by atoms with Gasteiger partial charge in [-0.05, 0) is 0 Å². The fourth-order valence-corrected chi connectivity index (χ4v) is 2.10. The molecule has 0 unspecified atom stereocenters. The Labute approximate surface area is 131 Å². The Morgan fingerprint density at radius 3 is 2.04 bits per heavy atom. The van der Waals surface area contributed by atoms with Crippen molar-refractivity contribution in [3.05, 3.63) is 0 Å². The Kier molecular flexibility index (Phi) is 7.78. The quantitative estimate of drug-likeness (QED) is 0.243. The monoisotopic (exact) mass is 339 g/mol. The maximum Gasteiger partial charge on any atom is 0.317 e. The summed E-state index contributed by atoms with van der Waals surface area (Å²) in [4.78, 5) is 22.4. The summed E-state index contributed by atoms with van der Waals surface area (Å²) >= 11 is 0. The van der Waals surface area contributed by atoms with Crippen molar-refractivity contribution in [3.63, 3.8) is 0 Å². The Hall–Kier alpha value is -1.34. The average molecular weight is 339 g/mol. The molecule has 6 N–H and O–H groups in total. The number of hydrogen-bond acceptors (Lipinski definition) is 9. The highest BCUT2D eigenvalue weighted by Crippen LogP contribution is 2.21. The molecule has 0 aromatic heterocycles. The molecule has 11 nitrogen and oxygen atoms in total. The second-order valence-corrected chi connectivity index (χ2v) is 5.07. The van der Waals surface area contributed by atoms with Crippen molar-refractivity contribution >= 4 is 11.9 Å². The first-order chi connectivity index (χ1) is 10.8. The summed E-state index contributed by atoms with van der Waals surface area (Å²) in [5.41, 5.74) is 0. The lowest BCUT2D eigenvalue weighted by Crippen LogP contribution is -2.59. The van der Waals surface area contributed by atoms with Crippen molar-refractivity contribution in [1.29, 1.82) is 0 Å². The maximum absolute atomic E-state index is 10.6. The standard InChI is InChI=1S/C12H21NO10/c14-5-6-9(19)10(20)11(21)12(23-6)22-2-1-13(3-7(15)16)4-8(17)18/h6,9-12,14,19-21H,1-5H2,(H,15,16)(H,17,18)/t6-,9-,10+,11-,12+/m1/s1. The molecule has 1 aliphatic heterocycles. The highest BCUT2D eigenvalue weighted by Gasteiger charge is 2.43. The van der Waals surface area contributed by atoms with E-state index in [4.69, 9.17) is 24.8 Å². The van der Waals surface area contributed by atoms with Gasteiger partial charge in [0.2, 0.25) is 0 Å². The summed E-state index contributed by atoms with van der Waals surface area (Å²) in [6.45, 7) is -1.89. The van der Waals surface area contributed by atoms with Gasteiger partial charge in [-0.2, -0.15) is 0 Å². The van der Waals surface area contributed by atoms with Crippen LogP contribution < -0.4 is 0 Å². The van der Waals surface area contributed by atoms with Gasteiger partial charge in [-0.3, -0.25) is 14.5 Å². The van der Waals surface area contributed by atoms with Gasteiger partial charge in [0, 0.05) is 6.54 Å². The summed E-state index contributed by atoms with van der Waals surface area (Å²) < 4.78 is 10.2. The molecule has 1 saturated heterocycles. The summed E-state index contributed by atoms with van der Waals surface area (Å²) in [7, 11) is 0. The molecule has 0 aliphatic carbocycles. The van der Waals surface area contributed by atoms with Crippen molar-refractivity contribution < 1.29 is 49.7 Å². The Balaban J connectivity index is 2.51. The minimum absolute atomic E-state index is 0.0758. The van der Waals surface area contributed by atoms with Crippen molar-refractivity contribution in [2.45, 2.75) is 30.7 Å². The molecule has 0 amide bonds. The molecular weight excluding hydrogens is 318 g/mol. The van der Waals surface area contributed by atoms with Crippen LogP contribution in [0.15, 0.2) is 0 Å². The molecular formula is C12H21NO10. The lowest BCUT2D eigenvalue weighted by molar-refractivity contribution is -0.301. The number of carboxylic acids is 2. The van der Waals surface area contributed by atoms with Crippen LogP contribution in [0.3, 0.4) is 0 Å². The molecule has 11 heteroatoms. The molecule has 0 spiro atoms. The highest BCUT2D eigenvalue weighted by atomic mass is 16.7. The van der Waals surface area contributed by atoms with Gasteiger partial charge in [-0.25, -0.2) is 0 Å². The van der Waals surface area contributed by atoms with E-state index in [2.05, 4.69) is 0 Å². The molecule has 1 rings (SSSR count). The minimum Gasteiger partial charge on any atom is -0.480 e. The van der Waals surface area contributed by atoms with Crippen LogP contribution in [-0.4, -0.2) is 111 Å². The van der Waals surface area contributed by atoms with Crippen LogP contribution >= 0.6 is 0 Å². The van der Waals surface area contributed by atoms with E-state index in [1.165, 1.54) is 0 Å². The van der Waals surface area contributed by atoms with Crippen LogP contribution in [-0.2, 0) is 19.1 Å². The van der Waals surface area contributed by atoms with E-state index in [1.807, 2.05) is 0 Å². The van der Waals surface area contributed by atoms with Gasteiger partial charge in [0.15, 0.2) is 6.29 Å². The molecule has 0 bridgehead atoms. The van der Waals surface area contributed by atoms with E-state index in [0.717, 1.165) is 4.90 Å². The molecule has 1 fully saturated rings. The van der Waals surface area contributed by atoms with Gasteiger partial charge >= 0.3 is 11.9 Å². The largest absolute Gasteiger partial charge is 0.480 e. The molecule has 0 saturated carbocycles. The second kappa shape index (κ2) is 9.08. The normalized spacial score (nSPS) is 31.3. The minimum atomic E-state index is -1.58.